The fraction of sp³-hybridized carbons (Fsp3) is 0.692. The predicted molar refractivity (Wildman–Crippen MR) is 71.9 cm³/mol. The van der Waals surface area contributed by atoms with E-state index in [0.29, 0.717) is 12.3 Å². The molecular formula is C13H24N4O. The van der Waals surface area contributed by atoms with E-state index >= 15 is 0 Å². The van der Waals surface area contributed by atoms with E-state index in [2.05, 4.69) is 24.3 Å². The van der Waals surface area contributed by atoms with Crippen molar-refractivity contribution >= 4 is 5.91 Å². The van der Waals surface area contributed by atoms with E-state index in [4.69, 9.17) is 5.73 Å². The van der Waals surface area contributed by atoms with Crippen LogP contribution in [-0.2, 0) is 11.8 Å². The van der Waals surface area contributed by atoms with Crippen LogP contribution in [0.5, 0.6) is 0 Å². The van der Waals surface area contributed by atoms with Gasteiger partial charge in [-0.2, -0.15) is 5.10 Å². The summed E-state index contributed by atoms with van der Waals surface area (Å²) < 4.78 is 1.80. The summed E-state index contributed by atoms with van der Waals surface area (Å²) in [7, 11) is 1.89. The van der Waals surface area contributed by atoms with E-state index in [0.717, 1.165) is 11.3 Å². The number of carbonyl (C=O) groups excluding carboxylic acids is 1. The molecule has 2 unspecified atom stereocenters. The van der Waals surface area contributed by atoms with Crippen molar-refractivity contribution in [3.8, 4) is 0 Å². The number of aromatic nitrogens is 2. The van der Waals surface area contributed by atoms with Crippen LogP contribution in [-0.4, -0.2) is 21.7 Å². The Labute approximate surface area is 109 Å². The van der Waals surface area contributed by atoms with Crippen molar-refractivity contribution < 1.29 is 4.79 Å². The predicted octanol–water partition coefficient (Wildman–Crippen LogP) is 1.28. The first-order valence-electron chi connectivity index (χ1n) is 6.37. The molecule has 5 nitrogen and oxygen atoms in total. The molecule has 1 amide bonds. The van der Waals surface area contributed by atoms with E-state index in [9.17, 15) is 4.79 Å². The lowest BCUT2D eigenvalue weighted by atomic mass is 10.0. The first-order chi connectivity index (χ1) is 8.32. The normalized spacial score (nSPS) is 14.6. The monoisotopic (exact) mass is 252 g/mol. The van der Waals surface area contributed by atoms with Crippen LogP contribution in [0.25, 0.3) is 0 Å². The van der Waals surface area contributed by atoms with Gasteiger partial charge in [0.25, 0.3) is 0 Å². The van der Waals surface area contributed by atoms with Crippen molar-refractivity contribution in [2.75, 3.05) is 0 Å². The average molecular weight is 252 g/mol. The molecule has 0 spiro atoms. The second kappa shape index (κ2) is 6.00. The van der Waals surface area contributed by atoms with Crippen LogP contribution in [0.4, 0.5) is 0 Å². The molecular weight excluding hydrogens is 228 g/mol. The molecule has 102 valence electrons. The average Bonchev–Trinajstić information content (AvgIpc) is 2.58. The van der Waals surface area contributed by atoms with Gasteiger partial charge in [-0.05, 0) is 26.2 Å². The molecule has 0 fully saturated rings. The van der Waals surface area contributed by atoms with Crippen molar-refractivity contribution in [3.63, 3.8) is 0 Å². The van der Waals surface area contributed by atoms with Gasteiger partial charge in [0.15, 0.2) is 0 Å². The smallest absolute Gasteiger partial charge is 0.237 e. The van der Waals surface area contributed by atoms with Crippen molar-refractivity contribution in [3.05, 3.63) is 17.5 Å². The van der Waals surface area contributed by atoms with E-state index in [1.165, 1.54) is 0 Å². The molecule has 0 bridgehead atoms. The summed E-state index contributed by atoms with van der Waals surface area (Å²) >= 11 is 0. The third kappa shape index (κ3) is 3.57. The minimum Gasteiger partial charge on any atom is -0.348 e. The van der Waals surface area contributed by atoms with Crippen molar-refractivity contribution in [2.24, 2.45) is 18.7 Å². The van der Waals surface area contributed by atoms with Crippen LogP contribution in [0.1, 0.15) is 44.5 Å². The van der Waals surface area contributed by atoms with Gasteiger partial charge in [0, 0.05) is 18.3 Å². The second-order valence-electron chi connectivity index (χ2n) is 5.28. The zero-order chi connectivity index (χ0) is 13.9. The molecule has 0 aliphatic heterocycles. The maximum atomic E-state index is 11.9. The molecule has 2 atom stereocenters. The minimum absolute atomic E-state index is 0.0654. The highest BCUT2D eigenvalue weighted by Gasteiger charge is 2.19. The number of hydrogen-bond donors (Lipinski definition) is 2. The fourth-order valence-corrected chi connectivity index (χ4v) is 1.95. The second-order valence-corrected chi connectivity index (χ2v) is 5.28. The van der Waals surface area contributed by atoms with Crippen molar-refractivity contribution in [2.45, 2.75) is 46.2 Å². The Morgan fingerprint density at radius 3 is 2.56 bits per heavy atom. The Morgan fingerprint density at radius 1 is 1.50 bits per heavy atom. The highest BCUT2D eigenvalue weighted by Crippen LogP contribution is 2.16. The number of nitrogens with zero attached hydrogens (tertiary/aromatic N) is 2. The summed E-state index contributed by atoms with van der Waals surface area (Å²) in [5, 5.41) is 7.11. The summed E-state index contributed by atoms with van der Waals surface area (Å²) in [6, 6.07) is -0.506. The number of nitrogens with one attached hydrogen (secondary N) is 1. The minimum atomic E-state index is -0.440. The van der Waals surface area contributed by atoms with Crippen LogP contribution in [0.3, 0.4) is 0 Å². The lowest BCUT2D eigenvalue weighted by molar-refractivity contribution is -0.123. The van der Waals surface area contributed by atoms with Gasteiger partial charge >= 0.3 is 0 Å². The van der Waals surface area contributed by atoms with Gasteiger partial charge in [0.2, 0.25) is 5.91 Å². The molecule has 0 saturated heterocycles. The Hall–Kier alpha value is -1.36. The van der Waals surface area contributed by atoms with Gasteiger partial charge in [0.1, 0.15) is 0 Å². The number of aryl methyl sites for hydroxylation is 1. The SMILES string of the molecule is Cc1c(C(C)NC(=O)C(N)CC(C)C)cnn1C. The van der Waals surface area contributed by atoms with Crippen molar-refractivity contribution in [1.82, 2.24) is 15.1 Å². The fourth-order valence-electron chi connectivity index (χ4n) is 1.95. The van der Waals surface area contributed by atoms with Crippen LogP contribution >= 0.6 is 0 Å². The zero-order valence-corrected chi connectivity index (χ0v) is 11.9. The maximum absolute atomic E-state index is 11.9. The summed E-state index contributed by atoms with van der Waals surface area (Å²) in [5.41, 5.74) is 7.94. The quantitative estimate of drug-likeness (QED) is 0.829. The van der Waals surface area contributed by atoms with Crippen LogP contribution in [0.2, 0.25) is 0 Å². The summed E-state index contributed by atoms with van der Waals surface area (Å²) in [6.07, 6.45) is 2.48. The summed E-state index contributed by atoms with van der Waals surface area (Å²) in [6.45, 7) is 8.05. The molecule has 5 heteroatoms. The highest BCUT2D eigenvalue weighted by molar-refractivity contribution is 5.81. The number of nitrogens with two attached hydrogens (primary N) is 1. The largest absolute Gasteiger partial charge is 0.348 e. The molecule has 0 aliphatic rings. The molecule has 1 aromatic heterocycles. The van der Waals surface area contributed by atoms with E-state index in [1.54, 1.807) is 10.9 Å². The molecule has 18 heavy (non-hydrogen) atoms. The highest BCUT2D eigenvalue weighted by atomic mass is 16.2. The maximum Gasteiger partial charge on any atom is 0.237 e. The van der Waals surface area contributed by atoms with Gasteiger partial charge in [-0.25, -0.2) is 0 Å². The summed E-state index contributed by atoms with van der Waals surface area (Å²) in [4.78, 5) is 11.9. The van der Waals surface area contributed by atoms with Gasteiger partial charge in [-0.1, -0.05) is 13.8 Å². The third-order valence-corrected chi connectivity index (χ3v) is 3.16. The number of carbonyl (C=O) groups is 1. The lowest BCUT2D eigenvalue weighted by Crippen LogP contribution is -2.42. The Bertz CT molecular complexity index is 411. The van der Waals surface area contributed by atoms with E-state index < -0.39 is 6.04 Å². The molecule has 0 aromatic carbocycles. The molecule has 0 radical (unpaired) electrons. The molecule has 3 N–H and O–H groups in total. The third-order valence-electron chi connectivity index (χ3n) is 3.16. The van der Waals surface area contributed by atoms with E-state index in [-0.39, 0.29) is 11.9 Å². The molecule has 1 heterocycles. The topological polar surface area (TPSA) is 72.9 Å². The first-order valence-corrected chi connectivity index (χ1v) is 6.37. The molecule has 0 saturated carbocycles. The van der Waals surface area contributed by atoms with Gasteiger partial charge in [-0.15, -0.1) is 0 Å². The number of amides is 1. The first kappa shape index (κ1) is 14.7. The molecule has 1 aromatic rings. The van der Waals surface area contributed by atoms with Crippen LogP contribution < -0.4 is 11.1 Å². The zero-order valence-electron chi connectivity index (χ0n) is 11.9. The van der Waals surface area contributed by atoms with Gasteiger partial charge in [0.05, 0.1) is 18.3 Å². The molecule has 0 aliphatic carbocycles. The molecule has 1 rings (SSSR count). The van der Waals surface area contributed by atoms with Gasteiger partial charge in [-0.3, -0.25) is 9.48 Å². The van der Waals surface area contributed by atoms with Crippen molar-refractivity contribution in [1.29, 1.82) is 0 Å². The standard InChI is InChI=1S/C13H24N4O/c1-8(2)6-12(14)13(18)16-9(3)11-7-15-17(5)10(11)4/h7-9,12H,6,14H2,1-5H3,(H,16,18). The summed E-state index contributed by atoms with van der Waals surface area (Å²) in [5.74, 6) is 0.320. The van der Waals surface area contributed by atoms with Gasteiger partial charge < -0.3 is 11.1 Å². The Balaban J connectivity index is 2.62. The van der Waals surface area contributed by atoms with E-state index in [1.807, 2.05) is 20.9 Å². The Kier molecular flexibility index (Phi) is 4.90. The Morgan fingerprint density at radius 2 is 2.11 bits per heavy atom. The van der Waals surface area contributed by atoms with Crippen LogP contribution in [0.15, 0.2) is 6.20 Å². The van der Waals surface area contributed by atoms with Crippen LogP contribution in [0, 0.1) is 12.8 Å². The number of rotatable bonds is 5. The lowest BCUT2D eigenvalue weighted by Gasteiger charge is -2.18. The number of hydrogen-bond acceptors (Lipinski definition) is 3.